The first kappa shape index (κ1) is 13.3. The molecule has 1 rings (SSSR count). The van der Waals surface area contributed by atoms with Gasteiger partial charge in [-0.25, -0.2) is 0 Å². The van der Waals surface area contributed by atoms with Gasteiger partial charge in [-0.2, -0.15) is 0 Å². The predicted octanol–water partition coefficient (Wildman–Crippen LogP) is -2.42. The minimum absolute atomic E-state index is 0.339. The number of amides is 1. The monoisotopic (exact) mass is 235 g/mol. The molecule has 7 heteroatoms. The topological polar surface area (TPSA) is 108 Å². The van der Waals surface area contributed by atoms with Crippen LogP contribution in [-0.2, 0) is 14.3 Å². The van der Waals surface area contributed by atoms with Gasteiger partial charge in [0.2, 0.25) is 5.91 Å². The number of ether oxygens (including phenoxy) is 2. The second-order valence-electron chi connectivity index (χ2n) is 3.67. The van der Waals surface area contributed by atoms with Gasteiger partial charge in [0.05, 0.1) is 6.61 Å². The van der Waals surface area contributed by atoms with Crippen LogP contribution in [0.3, 0.4) is 0 Å². The van der Waals surface area contributed by atoms with Crippen molar-refractivity contribution in [2.75, 3.05) is 13.7 Å². The summed E-state index contributed by atoms with van der Waals surface area (Å²) in [5, 5.41) is 30.4. The highest BCUT2D eigenvalue weighted by Crippen LogP contribution is 2.24. The quantitative estimate of drug-likeness (QED) is 0.432. The highest BCUT2D eigenvalue weighted by Gasteiger charge is 2.47. The highest BCUT2D eigenvalue weighted by molar-refractivity contribution is 5.73. The van der Waals surface area contributed by atoms with E-state index in [-0.39, 0.29) is 5.91 Å². The Hall–Kier alpha value is -0.730. The molecule has 94 valence electrons. The Morgan fingerprint density at radius 1 is 1.62 bits per heavy atom. The first-order valence-electron chi connectivity index (χ1n) is 4.93. The molecule has 1 heterocycles. The van der Waals surface area contributed by atoms with Crippen molar-refractivity contribution in [3.63, 3.8) is 0 Å². The van der Waals surface area contributed by atoms with Crippen LogP contribution in [0.5, 0.6) is 0 Å². The minimum atomic E-state index is -1.22. The molecule has 1 amide bonds. The molecule has 1 aliphatic rings. The maximum Gasteiger partial charge on any atom is 0.217 e. The molecular weight excluding hydrogens is 218 g/mol. The van der Waals surface area contributed by atoms with Crippen LogP contribution in [-0.4, -0.2) is 65.6 Å². The van der Waals surface area contributed by atoms with E-state index < -0.39 is 37.3 Å². The van der Waals surface area contributed by atoms with Gasteiger partial charge in [-0.15, -0.1) is 0 Å². The van der Waals surface area contributed by atoms with Gasteiger partial charge in [-0.1, -0.05) is 0 Å². The van der Waals surface area contributed by atoms with Crippen molar-refractivity contribution in [2.45, 2.75) is 37.6 Å². The van der Waals surface area contributed by atoms with E-state index >= 15 is 0 Å². The fourth-order valence-corrected chi connectivity index (χ4v) is 1.70. The van der Waals surface area contributed by atoms with Crippen LogP contribution in [0, 0.1) is 0 Å². The van der Waals surface area contributed by atoms with E-state index in [1.807, 2.05) is 0 Å². The second kappa shape index (κ2) is 5.55. The van der Waals surface area contributed by atoms with E-state index in [2.05, 4.69) is 5.32 Å². The van der Waals surface area contributed by atoms with E-state index in [1.165, 1.54) is 14.0 Å². The number of rotatable bonds is 4. The number of hydrogen-bond acceptors (Lipinski definition) is 6. The molecule has 0 radical (unpaired) electrons. The molecule has 0 aliphatic carbocycles. The average Bonchev–Trinajstić information content (AvgIpc) is 2.55. The minimum Gasteiger partial charge on any atom is -0.394 e. The molecule has 4 N–H and O–H groups in total. The highest BCUT2D eigenvalue weighted by atomic mass is 16.7. The van der Waals surface area contributed by atoms with Crippen LogP contribution in [0.2, 0.25) is 0 Å². The lowest BCUT2D eigenvalue weighted by molar-refractivity contribution is -0.155. The normalized spacial score (nSPS) is 36.1. The maximum atomic E-state index is 10.9. The Labute approximate surface area is 93.0 Å². The van der Waals surface area contributed by atoms with Gasteiger partial charge in [0.25, 0.3) is 0 Å². The summed E-state index contributed by atoms with van der Waals surface area (Å²) < 4.78 is 10.1. The maximum absolute atomic E-state index is 10.9. The van der Waals surface area contributed by atoms with E-state index in [4.69, 9.17) is 14.6 Å². The van der Waals surface area contributed by atoms with E-state index in [0.717, 1.165) is 0 Å². The Kier molecular flexibility index (Phi) is 4.63. The SMILES string of the molecule is CO[C@@H]1O[C@@H]([C@H](O)CO)[C@H](O)[C@H]1NC(C)=O. The smallest absolute Gasteiger partial charge is 0.217 e. The lowest BCUT2D eigenvalue weighted by atomic mass is 10.0. The van der Waals surface area contributed by atoms with Crippen molar-refractivity contribution in [1.82, 2.24) is 5.32 Å². The van der Waals surface area contributed by atoms with E-state index in [1.54, 1.807) is 0 Å². The van der Waals surface area contributed by atoms with Crippen molar-refractivity contribution in [3.05, 3.63) is 0 Å². The summed E-state index contributed by atoms with van der Waals surface area (Å²) in [6.45, 7) is 0.764. The van der Waals surface area contributed by atoms with Gasteiger partial charge in [0, 0.05) is 14.0 Å². The van der Waals surface area contributed by atoms with Crippen LogP contribution in [0.4, 0.5) is 0 Å². The lowest BCUT2D eigenvalue weighted by Crippen LogP contribution is -2.49. The Morgan fingerprint density at radius 3 is 2.69 bits per heavy atom. The molecule has 1 saturated heterocycles. The summed E-state index contributed by atoms with van der Waals surface area (Å²) in [6, 6.07) is -0.756. The van der Waals surface area contributed by atoms with Gasteiger partial charge >= 0.3 is 0 Å². The van der Waals surface area contributed by atoms with Crippen LogP contribution < -0.4 is 5.32 Å². The molecule has 0 aromatic heterocycles. The molecule has 0 unspecified atom stereocenters. The van der Waals surface area contributed by atoms with E-state index in [0.29, 0.717) is 0 Å². The molecule has 0 spiro atoms. The largest absolute Gasteiger partial charge is 0.394 e. The van der Waals surface area contributed by atoms with Crippen LogP contribution in [0.15, 0.2) is 0 Å². The van der Waals surface area contributed by atoms with Gasteiger partial charge in [-0.05, 0) is 0 Å². The second-order valence-corrected chi connectivity index (χ2v) is 3.67. The third-order valence-corrected chi connectivity index (χ3v) is 2.46. The molecule has 5 atom stereocenters. The molecular formula is C9H17NO6. The van der Waals surface area contributed by atoms with Crippen molar-refractivity contribution in [2.24, 2.45) is 0 Å². The summed E-state index contributed by atoms with van der Waals surface area (Å²) in [7, 11) is 1.36. The van der Waals surface area contributed by atoms with Gasteiger partial charge in [0.15, 0.2) is 6.29 Å². The summed E-state index contributed by atoms with van der Waals surface area (Å²) in [5.41, 5.74) is 0. The van der Waals surface area contributed by atoms with Gasteiger partial charge in [-0.3, -0.25) is 4.79 Å². The fraction of sp³-hybridized carbons (Fsp3) is 0.889. The van der Waals surface area contributed by atoms with Crippen molar-refractivity contribution < 1.29 is 29.6 Å². The number of hydrogen-bond donors (Lipinski definition) is 4. The fourth-order valence-electron chi connectivity index (χ4n) is 1.70. The number of carbonyl (C=O) groups is 1. The van der Waals surface area contributed by atoms with Gasteiger partial charge < -0.3 is 30.1 Å². The zero-order valence-corrected chi connectivity index (χ0v) is 9.16. The summed E-state index contributed by atoms with van der Waals surface area (Å²) >= 11 is 0. The van der Waals surface area contributed by atoms with E-state index in [9.17, 15) is 15.0 Å². The number of carbonyl (C=O) groups excluding carboxylic acids is 1. The zero-order valence-electron chi connectivity index (χ0n) is 9.16. The number of aliphatic hydroxyl groups is 3. The van der Waals surface area contributed by atoms with Crippen LogP contribution in [0.25, 0.3) is 0 Å². The third kappa shape index (κ3) is 2.69. The molecule has 7 nitrogen and oxygen atoms in total. The number of nitrogens with one attached hydrogen (secondary N) is 1. The van der Waals surface area contributed by atoms with Crippen molar-refractivity contribution in [3.8, 4) is 0 Å². The van der Waals surface area contributed by atoms with Crippen LogP contribution >= 0.6 is 0 Å². The van der Waals surface area contributed by atoms with Crippen LogP contribution in [0.1, 0.15) is 6.92 Å². The molecule has 16 heavy (non-hydrogen) atoms. The van der Waals surface area contributed by atoms with Gasteiger partial charge in [0.1, 0.15) is 24.4 Å². The summed E-state index contributed by atoms with van der Waals surface area (Å²) in [5.74, 6) is -0.339. The third-order valence-electron chi connectivity index (χ3n) is 2.46. The first-order valence-corrected chi connectivity index (χ1v) is 4.93. The molecule has 0 aromatic rings. The molecule has 0 bridgehead atoms. The number of aliphatic hydroxyl groups excluding tert-OH is 3. The first-order chi connectivity index (χ1) is 7.51. The molecule has 0 saturated carbocycles. The lowest BCUT2D eigenvalue weighted by Gasteiger charge is -2.20. The summed E-state index contributed by atoms with van der Waals surface area (Å²) in [6.07, 6.45) is -4.17. The zero-order chi connectivity index (χ0) is 12.3. The molecule has 1 fully saturated rings. The average molecular weight is 235 g/mol. The summed E-state index contributed by atoms with van der Waals surface area (Å²) in [4.78, 5) is 10.9. The van der Waals surface area contributed by atoms with Crippen molar-refractivity contribution in [1.29, 1.82) is 0 Å². The Balaban J connectivity index is 2.72. The Bertz CT molecular complexity index is 248. The number of methoxy groups -OCH3 is 1. The standard InChI is InChI=1S/C9H17NO6/c1-4(12)10-6-7(14)8(5(13)3-11)16-9(6)15-2/h5-9,11,13-14H,3H2,1-2H3,(H,10,12)/t5-,6-,7-,8+,9-/m1/s1. The Morgan fingerprint density at radius 2 is 2.25 bits per heavy atom. The predicted molar refractivity (Wildman–Crippen MR) is 52.4 cm³/mol. The van der Waals surface area contributed by atoms with Crippen molar-refractivity contribution >= 4 is 5.91 Å². The molecule has 0 aromatic carbocycles. The molecule has 1 aliphatic heterocycles.